The van der Waals surface area contributed by atoms with Gasteiger partial charge in [0.1, 0.15) is 0 Å². The summed E-state index contributed by atoms with van der Waals surface area (Å²) in [5.41, 5.74) is 1.54. The Morgan fingerprint density at radius 3 is 2.55 bits per heavy atom. The van der Waals surface area contributed by atoms with Crippen molar-refractivity contribution in [2.45, 2.75) is 25.5 Å². The Labute approximate surface area is 133 Å². The number of anilines is 1. The number of rotatable bonds is 6. The maximum absolute atomic E-state index is 10.7. The Hall–Kier alpha value is -2.11. The lowest BCUT2D eigenvalue weighted by Crippen LogP contribution is -2.32. The third-order valence-electron chi connectivity index (χ3n) is 3.41. The van der Waals surface area contributed by atoms with Crippen LogP contribution < -0.4 is 5.32 Å². The number of nitro groups is 1. The first-order valence-electron chi connectivity index (χ1n) is 6.90. The molecule has 6 heteroatoms. The van der Waals surface area contributed by atoms with Gasteiger partial charge in [0, 0.05) is 24.6 Å². The van der Waals surface area contributed by atoms with Gasteiger partial charge in [-0.3, -0.25) is 10.1 Å². The summed E-state index contributed by atoms with van der Waals surface area (Å²) in [5, 5.41) is 24.3. The molecule has 5 nitrogen and oxygen atoms in total. The first-order chi connectivity index (χ1) is 10.5. The zero-order valence-electron chi connectivity index (χ0n) is 12.1. The zero-order valence-corrected chi connectivity index (χ0v) is 12.8. The molecule has 2 unspecified atom stereocenters. The van der Waals surface area contributed by atoms with Crippen LogP contribution in [0.2, 0.25) is 5.02 Å². The molecule has 0 heterocycles. The Morgan fingerprint density at radius 2 is 1.95 bits per heavy atom. The summed E-state index contributed by atoms with van der Waals surface area (Å²) in [6.07, 6.45) is -0.0896. The van der Waals surface area contributed by atoms with Gasteiger partial charge in [0.15, 0.2) is 0 Å². The SMILES string of the molecule is CC(Nc1ccc([N+](=O)[O-])cc1Cl)C(O)Cc1ccccc1. The lowest BCUT2D eigenvalue weighted by Gasteiger charge is -2.22. The molecule has 0 aliphatic carbocycles. The lowest BCUT2D eigenvalue weighted by atomic mass is 10.0. The highest BCUT2D eigenvalue weighted by Crippen LogP contribution is 2.27. The second-order valence-corrected chi connectivity index (χ2v) is 5.52. The molecule has 2 aromatic carbocycles. The van der Waals surface area contributed by atoms with Gasteiger partial charge in [0.05, 0.1) is 21.7 Å². The molecule has 2 aromatic rings. The monoisotopic (exact) mass is 320 g/mol. The van der Waals surface area contributed by atoms with Crippen LogP contribution in [0.5, 0.6) is 0 Å². The van der Waals surface area contributed by atoms with E-state index in [2.05, 4.69) is 5.32 Å². The maximum atomic E-state index is 10.7. The van der Waals surface area contributed by atoms with E-state index in [-0.39, 0.29) is 16.8 Å². The van der Waals surface area contributed by atoms with Gasteiger partial charge in [0.25, 0.3) is 5.69 Å². The number of benzene rings is 2. The molecular formula is C16H17ClN2O3. The normalized spacial score (nSPS) is 13.4. The molecule has 0 radical (unpaired) electrons. The van der Waals surface area contributed by atoms with Crippen molar-refractivity contribution in [1.82, 2.24) is 0 Å². The van der Waals surface area contributed by atoms with E-state index in [1.807, 2.05) is 37.3 Å². The lowest BCUT2D eigenvalue weighted by molar-refractivity contribution is -0.384. The minimum atomic E-state index is -0.603. The predicted octanol–water partition coefficient (Wildman–Crippen LogP) is 3.65. The van der Waals surface area contributed by atoms with E-state index in [4.69, 9.17) is 11.6 Å². The molecular weight excluding hydrogens is 304 g/mol. The van der Waals surface area contributed by atoms with Crippen LogP contribution in [0.25, 0.3) is 0 Å². The highest BCUT2D eigenvalue weighted by molar-refractivity contribution is 6.33. The number of nitrogens with one attached hydrogen (secondary N) is 1. The third kappa shape index (κ3) is 4.19. The fourth-order valence-electron chi connectivity index (χ4n) is 2.11. The van der Waals surface area contributed by atoms with Crippen LogP contribution in [0, 0.1) is 10.1 Å². The Balaban J connectivity index is 2.02. The summed E-state index contributed by atoms with van der Waals surface area (Å²) in [6, 6.07) is 13.6. The van der Waals surface area contributed by atoms with Crippen LogP contribution in [0.1, 0.15) is 12.5 Å². The molecule has 0 spiro atoms. The van der Waals surface area contributed by atoms with E-state index in [9.17, 15) is 15.2 Å². The largest absolute Gasteiger partial charge is 0.391 e. The van der Waals surface area contributed by atoms with Crippen molar-refractivity contribution in [2.24, 2.45) is 0 Å². The molecule has 0 aromatic heterocycles. The molecule has 0 amide bonds. The van der Waals surface area contributed by atoms with E-state index in [0.717, 1.165) is 5.56 Å². The molecule has 116 valence electrons. The van der Waals surface area contributed by atoms with Crippen molar-refractivity contribution in [3.8, 4) is 0 Å². The summed E-state index contributed by atoms with van der Waals surface area (Å²) in [7, 11) is 0. The van der Waals surface area contributed by atoms with Crippen molar-refractivity contribution in [3.05, 3.63) is 69.2 Å². The first-order valence-corrected chi connectivity index (χ1v) is 7.27. The fourth-order valence-corrected chi connectivity index (χ4v) is 2.34. The van der Waals surface area contributed by atoms with Crippen molar-refractivity contribution in [1.29, 1.82) is 0 Å². The Bertz CT molecular complexity index is 649. The molecule has 0 aliphatic heterocycles. The van der Waals surface area contributed by atoms with E-state index >= 15 is 0 Å². The van der Waals surface area contributed by atoms with Gasteiger partial charge >= 0.3 is 0 Å². The third-order valence-corrected chi connectivity index (χ3v) is 3.72. The van der Waals surface area contributed by atoms with Gasteiger partial charge in [0.2, 0.25) is 0 Å². The molecule has 0 fully saturated rings. The minimum absolute atomic E-state index is 0.0620. The zero-order chi connectivity index (χ0) is 16.1. The summed E-state index contributed by atoms with van der Waals surface area (Å²) in [6.45, 7) is 1.84. The van der Waals surface area contributed by atoms with Gasteiger partial charge in [-0.1, -0.05) is 41.9 Å². The van der Waals surface area contributed by atoms with E-state index in [0.29, 0.717) is 12.1 Å². The summed E-state index contributed by atoms with van der Waals surface area (Å²) in [4.78, 5) is 10.2. The average Bonchev–Trinajstić information content (AvgIpc) is 2.50. The van der Waals surface area contributed by atoms with Crippen LogP contribution >= 0.6 is 11.6 Å². The summed E-state index contributed by atoms with van der Waals surface area (Å²) < 4.78 is 0. The van der Waals surface area contributed by atoms with E-state index in [1.54, 1.807) is 6.07 Å². The summed E-state index contributed by atoms with van der Waals surface area (Å²) >= 11 is 6.03. The second-order valence-electron chi connectivity index (χ2n) is 5.11. The van der Waals surface area contributed by atoms with Crippen molar-refractivity contribution in [2.75, 3.05) is 5.32 Å². The van der Waals surface area contributed by atoms with Gasteiger partial charge in [-0.15, -0.1) is 0 Å². The molecule has 2 atom stereocenters. The van der Waals surface area contributed by atoms with E-state index in [1.165, 1.54) is 12.1 Å². The van der Waals surface area contributed by atoms with Crippen LogP contribution in [0.15, 0.2) is 48.5 Å². The molecule has 0 saturated heterocycles. The van der Waals surface area contributed by atoms with Gasteiger partial charge in [-0.05, 0) is 18.6 Å². The molecule has 2 rings (SSSR count). The number of hydrogen-bond donors (Lipinski definition) is 2. The van der Waals surface area contributed by atoms with Gasteiger partial charge in [-0.25, -0.2) is 0 Å². The smallest absolute Gasteiger partial charge is 0.271 e. The van der Waals surface area contributed by atoms with Crippen LogP contribution in [-0.2, 0) is 6.42 Å². The Morgan fingerprint density at radius 1 is 1.27 bits per heavy atom. The van der Waals surface area contributed by atoms with Crippen molar-refractivity contribution < 1.29 is 10.0 Å². The first kappa shape index (κ1) is 16.3. The average molecular weight is 321 g/mol. The maximum Gasteiger partial charge on any atom is 0.271 e. The van der Waals surface area contributed by atoms with Gasteiger partial charge in [-0.2, -0.15) is 0 Å². The molecule has 0 saturated carbocycles. The van der Waals surface area contributed by atoms with E-state index < -0.39 is 11.0 Å². The highest BCUT2D eigenvalue weighted by atomic mass is 35.5. The quantitative estimate of drug-likeness (QED) is 0.629. The highest BCUT2D eigenvalue weighted by Gasteiger charge is 2.17. The molecule has 2 N–H and O–H groups in total. The van der Waals surface area contributed by atoms with Crippen LogP contribution in [-0.4, -0.2) is 22.2 Å². The number of aliphatic hydroxyl groups is 1. The number of nitro benzene ring substituents is 1. The van der Waals surface area contributed by atoms with Crippen molar-refractivity contribution in [3.63, 3.8) is 0 Å². The number of aliphatic hydroxyl groups excluding tert-OH is 1. The van der Waals surface area contributed by atoms with Gasteiger partial charge < -0.3 is 10.4 Å². The standard InChI is InChI=1S/C16H17ClN2O3/c1-11(16(20)9-12-5-3-2-4-6-12)18-15-8-7-13(19(21)22)10-14(15)17/h2-8,10-11,16,18,20H,9H2,1H3. The number of non-ortho nitro benzene ring substituents is 1. The minimum Gasteiger partial charge on any atom is -0.391 e. The molecule has 22 heavy (non-hydrogen) atoms. The van der Waals surface area contributed by atoms with Crippen LogP contribution in [0.4, 0.5) is 11.4 Å². The summed E-state index contributed by atoms with van der Waals surface area (Å²) in [5.74, 6) is 0. The Kier molecular flexibility index (Phi) is 5.35. The van der Waals surface area contributed by atoms with Crippen molar-refractivity contribution >= 4 is 23.0 Å². The fraction of sp³-hybridized carbons (Fsp3) is 0.250. The molecule has 0 bridgehead atoms. The predicted molar refractivity (Wildman–Crippen MR) is 87.3 cm³/mol. The topological polar surface area (TPSA) is 75.4 Å². The number of nitrogens with zero attached hydrogens (tertiary/aromatic N) is 1. The van der Waals surface area contributed by atoms with Crippen LogP contribution in [0.3, 0.4) is 0 Å². The molecule has 0 aliphatic rings. The second kappa shape index (κ2) is 7.24. The number of hydrogen-bond acceptors (Lipinski definition) is 4. The number of halogens is 1.